The molecule has 0 spiro atoms. The van der Waals surface area contributed by atoms with Crippen LogP contribution in [-0.4, -0.2) is 46.3 Å². The molecule has 1 aromatic heterocycles. The van der Waals surface area contributed by atoms with Crippen LogP contribution in [0.2, 0.25) is 0 Å². The number of rotatable bonds is 6. The van der Waals surface area contributed by atoms with E-state index in [-0.39, 0.29) is 11.8 Å². The Balaban J connectivity index is 1.47. The maximum atomic E-state index is 12.1. The molecule has 1 aliphatic rings. The molecule has 1 fully saturated rings. The summed E-state index contributed by atoms with van der Waals surface area (Å²) in [5, 5.41) is 2.84. The molecule has 0 saturated carbocycles. The van der Waals surface area contributed by atoms with Crippen molar-refractivity contribution < 1.29 is 9.59 Å². The van der Waals surface area contributed by atoms with Gasteiger partial charge in [0.2, 0.25) is 5.91 Å². The first kappa shape index (κ1) is 16.1. The van der Waals surface area contributed by atoms with E-state index in [2.05, 4.69) is 15.3 Å². The van der Waals surface area contributed by atoms with Gasteiger partial charge in [-0.3, -0.25) is 9.59 Å². The molecule has 0 bridgehead atoms. The van der Waals surface area contributed by atoms with Crippen LogP contribution in [0.5, 0.6) is 0 Å². The SMILES string of the molecule is O=C(NCCCN1CCCC1=O)c1cnc(-c2ccccc2)nc1. The summed E-state index contributed by atoms with van der Waals surface area (Å²) in [7, 11) is 0. The van der Waals surface area contributed by atoms with Crippen LogP contribution in [0, 0.1) is 0 Å². The molecule has 0 aliphatic carbocycles. The van der Waals surface area contributed by atoms with Crippen LogP contribution in [0.1, 0.15) is 29.6 Å². The van der Waals surface area contributed by atoms with E-state index in [4.69, 9.17) is 0 Å². The lowest BCUT2D eigenvalue weighted by atomic mass is 10.2. The van der Waals surface area contributed by atoms with Crippen molar-refractivity contribution in [1.29, 1.82) is 0 Å². The molecule has 2 aromatic rings. The summed E-state index contributed by atoms with van der Waals surface area (Å²) in [5.41, 5.74) is 1.35. The second kappa shape index (κ2) is 7.68. The molecule has 124 valence electrons. The van der Waals surface area contributed by atoms with Crippen molar-refractivity contribution in [3.05, 3.63) is 48.3 Å². The van der Waals surface area contributed by atoms with Crippen LogP contribution in [0.4, 0.5) is 0 Å². The Labute approximate surface area is 140 Å². The third-order valence-corrected chi connectivity index (χ3v) is 4.01. The predicted octanol–water partition coefficient (Wildman–Crippen LogP) is 1.89. The van der Waals surface area contributed by atoms with Crippen molar-refractivity contribution in [3.8, 4) is 11.4 Å². The lowest BCUT2D eigenvalue weighted by Gasteiger charge is -2.15. The molecule has 0 unspecified atom stereocenters. The summed E-state index contributed by atoms with van der Waals surface area (Å²) in [5.74, 6) is 0.619. The molecule has 1 saturated heterocycles. The van der Waals surface area contributed by atoms with Crippen molar-refractivity contribution in [2.24, 2.45) is 0 Å². The third kappa shape index (κ3) is 3.95. The maximum Gasteiger partial charge on any atom is 0.254 e. The van der Waals surface area contributed by atoms with Crippen molar-refractivity contribution in [1.82, 2.24) is 20.2 Å². The predicted molar refractivity (Wildman–Crippen MR) is 90.2 cm³/mol. The van der Waals surface area contributed by atoms with E-state index in [1.807, 2.05) is 35.2 Å². The average molecular weight is 324 g/mol. The van der Waals surface area contributed by atoms with E-state index >= 15 is 0 Å². The number of aromatic nitrogens is 2. The molecule has 2 amide bonds. The van der Waals surface area contributed by atoms with Crippen molar-refractivity contribution in [3.63, 3.8) is 0 Å². The van der Waals surface area contributed by atoms with Gasteiger partial charge < -0.3 is 10.2 Å². The van der Waals surface area contributed by atoms with E-state index in [1.54, 1.807) is 0 Å². The van der Waals surface area contributed by atoms with Gasteiger partial charge in [-0.05, 0) is 12.8 Å². The number of benzene rings is 1. The van der Waals surface area contributed by atoms with Gasteiger partial charge in [0.1, 0.15) is 0 Å². The van der Waals surface area contributed by atoms with E-state index in [9.17, 15) is 9.59 Å². The molecule has 24 heavy (non-hydrogen) atoms. The molecule has 6 nitrogen and oxygen atoms in total. The number of carbonyl (C=O) groups excluding carboxylic acids is 2. The summed E-state index contributed by atoms with van der Waals surface area (Å²) >= 11 is 0. The zero-order chi connectivity index (χ0) is 16.8. The molecule has 1 N–H and O–H groups in total. The Morgan fingerprint density at radius 2 is 1.92 bits per heavy atom. The molecule has 6 heteroatoms. The van der Waals surface area contributed by atoms with Gasteiger partial charge in [-0.25, -0.2) is 9.97 Å². The van der Waals surface area contributed by atoms with Gasteiger partial charge in [0.15, 0.2) is 5.82 Å². The molecule has 1 aromatic carbocycles. The Hall–Kier alpha value is -2.76. The number of carbonyl (C=O) groups is 2. The van der Waals surface area contributed by atoms with E-state index in [1.165, 1.54) is 12.4 Å². The molecular formula is C18H20N4O2. The highest BCUT2D eigenvalue weighted by molar-refractivity contribution is 5.93. The summed E-state index contributed by atoms with van der Waals surface area (Å²) in [6.45, 7) is 2.06. The average Bonchev–Trinajstić information content (AvgIpc) is 3.04. The number of amides is 2. The van der Waals surface area contributed by atoms with Crippen molar-refractivity contribution in [2.45, 2.75) is 19.3 Å². The number of likely N-dealkylation sites (tertiary alicyclic amines) is 1. The van der Waals surface area contributed by atoms with Gasteiger partial charge in [-0.15, -0.1) is 0 Å². The standard InChI is InChI=1S/C18H20N4O2/c23-16-8-4-10-22(16)11-5-9-19-18(24)15-12-20-17(21-13-15)14-6-2-1-3-7-14/h1-3,6-7,12-13H,4-5,8-11H2,(H,19,24). The Morgan fingerprint density at radius 1 is 1.17 bits per heavy atom. The fraction of sp³-hybridized carbons (Fsp3) is 0.333. The van der Waals surface area contributed by atoms with Crippen LogP contribution in [0.3, 0.4) is 0 Å². The van der Waals surface area contributed by atoms with Crippen LogP contribution >= 0.6 is 0 Å². The number of hydrogen-bond acceptors (Lipinski definition) is 4. The van der Waals surface area contributed by atoms with Crippen LogP contribution in [0.15, 0.2) is 42.7 Å². The highest BCUT2D eigenvalue weighted by atomic mass is 16.2. The first-order chi connectivity index (χ1) is 11.7. The maximum absolute atomic E-state index is 12.1. The summed E-state index contributed by atoms with van der Waals surface area (Å²) in [6.07, 6.45) is 5.41. The monoisotopic (exact) mass is 324 g/mol. The lowest BCUT2D eigenvalue weighted by molar-refractivity contribution is -0.127. The van der Waals surface area contributed by atoms with Gasteiger partial charge in [-0.2, -0.15) is 0 Å². The molecule has 1 aliphatic heterocycles. The van der Waals surface area contributed by atoms with Gasteiger partial charge in [0, 0.05) is 44.0 Å². The normalized spacial score (nSPS) is 14.0. The van der Waals surface area contributed by atoms with Gasteiger partial charge in [0.25, 0.3) is 5.91 Å². The second-order valence-corrected chi connectivity index (χ2v) is 5.76. The largest absolute Gasteiger partial charge is 0.352 e. The number of hydrogen-bond donors (Lipinski definition) is 1. The zero-order valence-corrected chi connectivity index (χ0v) is 13.4. The first-order valence-corrected chi connectivity index (χ1v) is 8.17. The van der Waals surface area contributed by atoms with E-state index in [0.29, 0.717) is 30.9 Å². The number of nitrogens with zero attached hydrogens (tertiary/aromatic N) is 3. The summed E-state index contributed by atoms with van der Waals surface area (Å²) < 4.78 is 0. The zero-order valence-electron chi connectivity index (χ0n) is 13.4. The fourth-order valence-corrected chi connectivity index (χ4v) is 2.70. The number of nitrogens with one attached hydrogen (secondary N) is 1. The highest BCUT2D eigenvalue weighted by Gasteiger charge is 2.19. The lowest BCUT2D eigenvalue weighted by Crippen LogP contribution is -2.30. The smallest absolute Gasteiger partial charge is 0.254 e. The van der Waals surface area contributed by atoms with Gasteiger partial charge in [-0.1, -0.05) is 30.3 Å². The van der Waals surface area contributed by atoms with Crippen molar-refractivity contribution in [2.75, 3.05) is 19.6 Å². The minimum Gasteiger partial charge on any atom is -0.352 e. The summed E-state index contributed by atoms with van der Waals surface area (Å²) in [4.78, 5) is 33.9. The highest BCUT2D eigenvalue weighted by Crippen LogP contribution is 2.13. The van der Waals surface area contributed by atoms with Gasteiger partial charge >= 0.3 is 0 Å². The fourth-order valence-electron chi connectivity index (χ4n) is 2.70. The minimum absolute atomic E-state index is 0.192. The molecule has 2 heterocycles. The molecule has 0 atom stereocenters. The van der Waals surface area contributed by atoms with E-state index < -0.39 is 0 Å². The van der Waals surface area contributed by atoms with Crippen LogP contribution in [0.25, 0.3) is 11.4 Å². The Morgan fingerprint density at radius 3 is 2.58 bits per heavy atom. The Bertz CT molecular complexity index is 701. The van der Waals surface area contributed by atoms with Crippen LogP contribution in [-0.2, 0) is 4.79 Å². The van der Waals surface area contributed by atoms with Crippen LogP contribution < -0.4 is 5.32 Å². The van der Waals surface area contributed by atoms with E-state index in [0.717, 1.165) is 24.9 Å². The Kier molecular flexibility index (Phi) is 5.15. The first-order valence-electron chi connectivity index (χ1n) is 8.17. The van der Waals surface area contributed by atoms with Gasteiger partial charge in [0.05, 0.1) is 5.56 Å². The molecule has 3 rings (SSSR count). The quantitative estimate of drug-likeness (QED) is 0.823. The topological polar surface area (TPSA) is 75.2 Å². The summed E-state index contributed by atoms with van der Waals surface area (Å²) in [6, 6.07) is 9.62. The second-order valence-electron chi connectivity index (χ2n) is 5.76. The minimum atomic E-state index is -0.192. The molecular weight excluding hydrogens is 304 g/mol. The molecule has 0 radical (unpaired) electrons. The van der Waals surface area contributed by atoms with Crippen molar-refractivity contribution >= 4 is 11.8 Å². The third-order valence-electron chi connectivity index (χ3n) is 4.01.